The van der Waals surface area contributed by atoms with Crippen LogP contribution in [0.2, 0.25) is 0 Å². The quantitative estimate of drug-likeness (QED) is 0.902. The minimum atomic E-state index is -0.455. The Morgan fingerprint density at radius 3 is 2.74 bits per heavy atom. The average molecular weight is 264 g/mol. The number of nitrogens with zero attached hydrogens (tertiary/aromatic N) is 1. The Morgan fingerprint density at radius 2 is 2.11 bits per heavy atom. The van der Waals surface area contributed by atoms with Gasteiger partial charge in [0.2, 0.25) is 11.8 Å². The Bertz CT molecular complexity index is 473. The summed E-state index contributed by atoms with van der Waals surface area (Å²) in [7, 11) is 0. The summed E-state index contributed by atoms with van der Waals surface area (Å²) in [5.74, 6) is -0.555. The first kappa shape index (κ1) is 13.5. The lowest BCUT2D eigenvalue weighted by Crippen LogP contribution is -2.41. The largest absolute Gasteiger partial charge is 0.344 e. The summed E-state index contributed by atoms with van der Waals surface area (Å²) >= 11 is 0. The average Bonchev–Trinajstić information content (AvgIpc) is 2.73. The molecule has 1 heterocycles. The van der Waals surface area contributed by atoms with Crippen LogP contribution in [0.25, 0.3) is 0 Å². The Kier molecular flexibility index (Phi) is 4.14. The Morgan fingerprint density at radius 1 is 1.42 bits per heavy atom. The maximum Gasteiger partial charge on any atom is 0.249 e. The minimum Gasteiger partial charge on any atom is -0.344 e. The molecule has 2 amide bonds. The van der Waals surface area contributed by atoms with Gasteiger partial charge in [-0.3, -0.25) is 9.59 Å². The van der Waals surface area contributed by atoms with Crippen molar-refractivity contribution in [3.05, 3.63) is 30.1 Å². The van der Waals surface area contributed by atoms with Crippen LogP contribution in [-0.2, 0) is 9.59 Å². The third-order valence-corrected chi connectivity index (χ3v) is 3.16. The van der Waals surface area contributed by atoms with Crippen molar-refractivity contribution in [3.8, 4) is 0 Å². The molecule has 2 rings (SSSR count). The van der Waals surface area contributed by atoms with Crippen LogP contribution in [-0.4, -0.2) is 24.4 Å². The van der Waals surface area contributed by atoms with E-state index in [4.69, 9.17) is 0 Å². The molecule has 0 unspecified atom stereocenters. The van der Waals surface area contributed by atoms with Gasteiger partial charge in [0, 0.05) is 18.7 Å². The number of anilines is 1. The maximum absolute atomic E-state index is 12.8. The first-order chi connectivity index (χ1) is 9.11. The zero-order chi connectivity index (χ0) is 13.8. The van der Waals surface area contributed by atoms with Crippen molar-refractivity contribution in [2.24, 2.45) is 0 Å². The maximum atomic E-state index is 12.8. The molecule has 0 saturated carbocycles. The zero-order valence-corrected chi connectivity index (χ0v) is 10.9. The number of hydrogen-bond acceptors (Lipinski definition) is 2. The fourth-order valence-electron chi connectivity index (χ4n) is 2.18. The zero-order valence-electron chi connectivity index (χ0n) is 10.9. The molecule has 4 nitrogen and oxygen atoms in total. The molecule has 0 radical (unpaired) electrons. The molecular formula is C14H17FN2O2. The highest BCUT2D eigenvalue weighted by molar-refractivity contribution is 6.01. The number of hydrogen-bond donors (Lipinski definition) is 1. The lowest BCUT2D eigenvalue weighted by Gasteiger charge is -2.17. The topological polar surface area (TPSA) is 49.4 Å². The molecule has 1 aromatic carbocycles. The molecule has 0 aromatic heterocycles. The second-order valence-corrected chi connectivity index (χ2v) is 4.63. The van der Waals surface area contributed by atoms with Gasteiger partial charge in [-0.15, -0.1) is 0 Å². The van der Waals surface area contributed by atoms with E-state index in [2.05, 4.69) is 5.32 Å². The van der Waals surface area contributed by atoms with Gasteiger partial charge in [0.25, 0.3) is 0 Å². The van der Waals surface area contributed by atoms with E-state index in [1.165, 1.54) is 12.1 Å². The summed E-state index contributed by atoms with van der Waals surface area (Å²) < 4.78 is 12.8. The third kappa shape index (κ3) is 3.10. The summed E-state index contributed by atoms with van der Waals surface area (Å²) in [5, 5.41) is 2.74. The smallest absolute Gasteiger partial charge is 0.249 e. The number of carbonyl (C=O) groups is 2. The number of benzene rings is 1. The molecule has 1 saturated heterocycles. The summed E-state index contributed by atoms with van der Waals surface area (Å²) in [6.07, 6.45) is 1.78. The lowest BCUT2D eigenvalue weighted by atomic mass is 10.2. The number of nitrogens with one attached hydrogen (secondary N) is 1. The normalized spacial score (nSPS) is 18.7. The number of rotatable bonds is 4. The van der Waals surface area contributed by atoms with Crippen LogP contribution in [0.1, 0.15) is 26.2 Å². The molecule has 1 aliphatic rings. The van der Waals surface area contributed by atoms with Crippen LogP contribution < -0.4 is 10.2 Å². The molecule has 102 valence electrons. The van der Waals surface area contributed by atoms with Gasteiger partial charge in [-0.05, 0) is 37.1 Å². The fourth-order valence-corrected chi connectivity index (χ4v) is 2.18. The summed E-state index contributed by atoms with van der Waals surface area (Å²) in [6, 6.07) is 5.34. The van der Waals surface area contributed by atoms with E-state index in [0.717, 1.165) is 6.42 Å². The first-order valence-electron chi connectivity index (χ1n) is 6.48. The molecule has 0 spiro atoms. The lowest BCUT2D eigenvalue weighted by molar-refractivity contribution is -0.126. The molecule has 5 heteroatoms. The minimum absolute atomic E-state index is 0.0955. The van der Waals surface area contributed by atoms with Crippen LogP contribution in [0.3, 0.4) is 0 Å². The molecule has 0 aliphatic carbocycles. The Balaban J connectivity index is 2.01. The predicted octanol–water partition coefficient (Wildman–Crippen LogP) is 1.85. The summed E-state index contributed by atoms with van der Waals surface area (Å²) in [4.78, 5) is 25.2. The molecule has 1 fully saturated rings. The predicted molar refractivity (Wildman–Crippen MR) is 70.2 cm³/mol. The van der Waals surface area contributed by atoms with Gasteiger partial charge in [-0.25, -0.2) is 4.39 Å². The van der Waals surface area contributed by atoms with Gasteiger partial charge in [0.15, 0.2) is 0 Å². The molecule has 0 bridgehead atoms. The van der Waals surface area contributed by atoms with Crippen molar-refractivity contribution in [1.82, 2.24) is 5.32 Å². The molecule has 1 atom stereocenters. The van der Waals surface area contributed by atoms with Crippen molar-refractivity contribution < 1.29 is 14.0 Å². The number of carbonyl (C=O) groups excluding carboxylic acids is 2. The van der Waals surface area contributed by atoms with Gasteiger partial charge >= 0.3 is 0 Å². The van der Waals surface area contributed by atoms with Crippen LogP contribution in [0.5, 0.6) is 0 Å². The van der Waals surface area contributed by atoms with Crippen molar-refractivity contribution in [1.29, 1.82) is 0 Å². The van der Waals surface area contributed by atoms with Crippen molar-refractivity contribution >= 4 is 17.5 Å². The van der Waals surface area contributed by atoms with Gasteiger partial charge in [-0.1, -0.05) is 6.92 Å². The van der Waals surface area contributed by atoms with E-state index in [9.17, 15) is 14.0 Å². The number of halogens is 1. The SMILES string of the molecule is CCCC(=O)N[C@H]1CCN(c2ccc(F)cc2)C1=O. The van der Waals surface area contributed by atoms with Crippen LogP contribution in [0.4, 0.5) is 10.1 Å². The van der Waals surface area contributed by atoms with Crippen LogP contribution >= 0.6 is 0 Å². The highest BCUT2D eigenvalue weighted by Gasteiger charge is 2.33. The molecule has 1 N–H and O–H groups in total. The van der Waals surface area contributed by atoms with Gasteiger partial charge in [-0.2, -0.15) is 0 Å². The van der Waals surface area contributed by atoms with Gasteiger partial charge in [0.05, 0.1) is 0 Å². The standard InChI is InChI=1S/C14H17FN2O2/c1-2-3-13(18)16-12-8-9-17(14(12)19)11-6-4-10(15)5-7-11/h4-7,12H,2-3,8-9H2,1H3,(H,16,18)/t12-/m0/s1. The van der Waals surface area contributed by atoms with Crippen molar-refractivity contribution in [2.45, 2.75) is 32.2 Å². The third-order valence-electron chi connectivity index (χ3n) is 3.16. The Hall–Kier alpha value is -1.91. The van der Waals surface area contributed by atoms with E-state index in [0.29, 0.717) is 25.1 Å². The van der Waals surface area contributed by atoms with E-state index >= 15 is 0 Å². The fraction of sp³-hybridized carbons (Fsp3) is 0.429. The van der Waals surface area contributed by atoms with Gasteiger partial charge < -0.3 is 10.2 Å². The Labute approximate surface area is 111 Å². The molecular weight excluding hydrogens is 247 g/mol. The van der Waals surface area contributed by atoms with E-state index in [-0.39, 0.29) is 17.6 Å². The second-order valence-electron chi connectivity index (χ2n) is 4.63. The van der Waals surface area contributed by atoms with Crippen LogP contribution in [0, 0.1) is 5.82 Å². The van der Waals surface area contributed by atoms with E-state index in [1.54, 1.807) is 17.0 Å². The highest BCUT2D eigenvalue weighted by atomic mass is 19.1. The summed E-state index contributed by atoms with van der Waals surface area (Å²) in [6.45, 7) is 2.46. The summed E-state index contributed by atoms with van der Waals surface area (Å²) in [5.41, 5.74) is 0.665. The first-order valence-corrected chi connectivity index (χ1v) is 6.48. The van der Waals surface area contributed by atoms with Crippen molar-refractivity contribution in [3.63, 3.8) is 0 Å². The van der Waals surface area contributed by atoms with E-state index < -0.39 is 6.04 Å². The highest BCUT2D eigenvalue weighted by Crippen LogP contribution is 2.21. The van der Waals surface area contributed by atoms with E-state index in [1.807, 2.05) is 6.92 Å². The van der Waals surface area contributed by atoms with Crippen LogP contribution in [0.15, 0.2) is 24.3 Å². The molecule has 1 aromatic rings. The monoisotopic (exact) mass is 264 g/mol. The number of amides is 2. The van der Waals surface area contributed by atoms with Crippen molar-refractivity contribution in [2.75, 3.05) is 11.4 Å². The van der Waals surface area contributed by atoms with Gasteiger partial charge in [0.1, 0.15) is 11.9 Å². The molecule has 1 aliphatic heterocycles. The molecule has 19 heavy (non-hydrogen) atoms. The second kappa shape index (κ2) is 5.82.